The Morgan fingerprint density at radius 2 is 2.35 bits per heavy atom. The molecular weight excluding hydrogens is 260 g/mol. The molecule has 2 aromatic rings. The molecule has 0 aliphatic heterocycles. The fourth-order valence-electron chi connectivity index (χ4n) is 1.64. The Kier molecular flexibility index (Phi) is 4.31. The van der Waals surface area contributed by atoms with Gasteiger partial charge in [-0.3, -0.25) is 4.79 Å². The van der Waals surface area contributed by atoms with Crippen molar-refractivity contribution in [1.82, 2.24) is 15.1 Å². The smallest absolute Gasteiger partial charge is 0.263 e. The SMILES string of the molecule is CCCOCC(C)(N)c1noc(-c2c[nH]ccc2=O)n1. The van der Waals surface area contributed by atoms with Gasteiger partial charge in [0.25, 0.3) is 5.89 Å². The van der Waals surface area contributed by atoms with Crippen molar-refractivity contribution in [3.05, 3.63) is 34.5 Å². The number of nitrogens with zero attached hydrogens (tertiary/aromatic N) is 2. The van der Waals surface area contributed by atoms with Gasteiger partial charge in [0, 0.05) is 25.1 Å². The summed E-state index contributed by atoms with van der Waals surface area (Å²) < 4.78 is 10.5. The van der Waals surface area contributed by atoms with Gasteiger partial charge in [0.15, 0.2) is 11.3 Å². The average Bonchev–Trinajstić information content (AvgIpc) is 2.90. The molecule has 7 nitrogen and oxygen atoms in total. The van der Waals surface area contributed by atoms with Crippen molar-refractivity contribution in [2.24, 2.45) is 5.73 Å². The van der Waals surface area contributed by atoms with Crippen molar-refractivity contribution >= 4 is 0 Å². The molecule has 0 fully saturated rings. The highest BCUT2D eigenvalue weighted by atomic mass is 16.5. The number of rotatable bonds is 6. The Labute approximate surface area is 116 Å². The topological polar surface area (TPSA) is 107 Å². The fourth-order valence-corrected chi connectivity index (χ4v) is 1.64. The molecule has 0 aliphatic rings. The van der Waals surface area contributed by atoms with Crippen LogP contribution in [0.5, 0.6) is 0 Å². The van der Waals surface area contributed by atoms with Gasteiger partial charge in [0.05, 0.1) is 6.61 Å². The molecule has 1 atom stereocenters. The van der Waals surface area contributed by atoms with E-state index in [0.717, 1.165) is 6.42 Å². The Hall–Kier alpha value is -1.99. The van der Waals surface area contributed by atoms with Crippen LogP contribution in [0.25, 0.3) is 11.5 Å². The maximum Gasteiger partial charge on any atom is 0.263 e. The third-order valence-electron chi connectivity index (χ3n) is 2.74. The zero-order valence-electron chi connectivity index (χ0n) is 11.5. The van der Waals surface area contributed by atoms with Gasteiger partial charge < -0.3 is 20.0 Å². The molecular formula is C13H18N4O3. The molecule has 2 heterocycles. The van der Waals surface area contributed by atoms with Crippen molar-refractivity contribution in [3.8, 4) is 11.5 Å². The summed E-state index contributed by atoms with van der Waals surface area (Å²) in [6.07, 6.45) is 3.96. The molecule has 0 aromatic carbocycles. The van der Waals surface area contributed by atoms with Crippen molar-refractivity contribution in [2.45, 2.75) is 25.8 Å². The maximum absolute atomic E-state index is 11.7. The molecule has 0 radical (unpaired) electrons. The van der Waals surface area contributed by atoms with Crippen LogP contribution in [0, 0.1) is 0 Å². The normalized spacial score (nSPS) is 14.2. The van der Waals surface area contributed by atoms with Gasteiger partial charge in [-0.15, -0.1) is 0 Å². The van der Waals surface area contributed by atoms with Crippen LogP contribution in [-0.2, 0) is 10.3 Å². The number of hydrogen-bond acceptors (Lipinski definition) is 6. The highest BCUT2D eigenvalue weighted by Gasteiger charge is 2.28. The summed E-state index contributed by atoms with van der Waals surface area (Å²) in [7, 11) is 0. The zero-order chi connectivity index (χ0) is 14.6. The molecule has 0 amide bonds. The van der Waals surface area contributed by atoms with Crippen molar-refractivity contribution in [2.75, 3.05) is 13.2 Å². The van der Waals surface area contributed by atoms with Crippen LogP contribution in [0.2, 0.25) is 0 Å². The molecule has 0 spiro atoms. The molecule has 2 rings (SSSR count). The summed E-state index contributed by atoms with van der Waals surface area (Å²) >= 11 is 0. The van der Waals surface area contributed by atoms with Gasteiger partial charge in [-0.05, 0) is 13.3 Å². The number of ether oxygens (including phenoxy) is 1. The first kappa shape index (κ1) is 14.4. The fraction of sp³-hybridized carbons (Fsp3) is 0.462. The Morgan fingerprint density at radius 1 is 1.55 bits per heavy atom. The first-order valence-electron chi connectivity index (χ1n) is 6.43. The lowest BCUT2D eigenvalue weighted by Gasteiger charge is -2.19. The Bertz CT molecular complexity index is 618. The standard InChI is InChI=1S/C13H18N4O3/c1-3-6-19-8-13(2,14)12-16-11(20-17-12)9-7-15-5-4-10(9)18/h4-5,7H,3,6,8,14H2,1-2H3,(H,15,18). The molecule has 1 unspecified atom stereocenters. The van der Waals surface area contributed by atoms with Crippen molar-refractivity contribution in [1.29, 1.82) is 0 Å². The van der Waals surface area contributed by atoms with Crippen LogP contribution in [0.1, 0.15) is 26.1 Å². The molecule has 3 N–H and O–H groups in total. The summed E-state index contributed by atoms with van der Waals surface area (Å²) in [4.78, 5) is 18.7. The molecule has 20 heavy (non-hydrogen) atoms. The van der Waals surface area contributed by atoms with Crippen LogP contribution in [0.15, 0.2) is 27.8 Å². The average molecular weight is 278 g/mol. The van der Waals surface area contributed by atoms with E-state index in [-0.39, 0.29) is 17.9 Å². The minimum atomic E-state index is -0.863. The highest BCUT2D eigenvalue weighted by molar-refractivity contribution is 5.50. The van der Waals surface area contributed by atoms with E-state index >= 15 is 0 Å². The molecule has 0 bridgehead atoms. The number of H-pyrrole nitrogens is 1. The lowest BCUT2D eigenvalue weighted by molar-refractivity contribution is 0.0867. The van der Waals surface area contributed by atoms with Crippen molar-refractivity contribution in [3.63, 3.8) is 0 Å². The summed E-state index contributed by atoms with van der Waals surface area (Å²) in [5, 5.41) is 3.84. The third kappa shape index (κ3) is 3.12. The van der Waals surface area contributed by atoms with E-state index in [1.165, 1.54) is 18.5 Å². The quantitative estimate of drug-likeness (QED) is 0.764. The largest absolute Gasteiger partial charge is 0.379 e. The second-order valence-electron chi connectivity index (χ2n) is 4.82. The minimum Gasteiger partial charge on any atom is -0.379 e. The molecule has 7 heteroatoms. The molecule has 0 saturated heterocycles. The van der Waals surface area contributed by atoms with E-state index in [1.807, 2.05) is 6.92 Å². The lowest BCUT2D eigenvalue weighted by Crippen LogP contribution is -2.39. The van der Waals surface area contributed by atoms with Crippen LogP contribution in [0.4, 0.5) is 0 Å². The number of hydrogen-bond donors (Lipinski definition) is 2. The minimum absolute atomic E-state index is 0.147. The van der Waals surface area contributed by atoms with Crippen LogP contribution in [-0.4, -0.2) is 28.3 Å². The number of nitrogens with one attached hydrogen (secondary N) is 1. The number of aromatic nitrogens is 3. The van der Waals surface area contributed by atoms with Gasteiger partial charge in [-0.2, -0.15) is 4.98 Å². The van der Waals surface area contributed by atoms with Crippen LogP contribution in [0.3, 0.4) is 0 Å². The predicted molar refractivity (Wildman–Crippen MR) is 73.0 cm³/mol. The van der Waals surface area contributed by atoms with E-state index < -0.39 is 5.54 Å². The monoisotopic (exact) mass is 278 g/mol. The van der Waals surface area contributed by atoms with E-state index in [0.29, 0.717) is 18.0 Å². The maximum atomic E-state index is 11.7. The summed E-state index contributed by atoms with van der Waals surface area (Å²) in [6.45, 7) is 4.68. The first-order chi connectivity index (χ1) is 9.54. The second-order valence-corrected chi connectivity index (χ2v) is 4.82. The zero-order valence-corrected chi connectivity index (χ0v) is 11.5. The first-order valence-corrected chi connectivity index (χ1v) is 6.43. The Morgan fingerprint density at radius 3 is 3.05 bits per heavy atom. The molecule has 0 aliphatic carbocycles. The predicted octanol–water partition coefficient (Wildman–Crippen LogP) is 1.03. The molecule has 0 saturated carbocycles. The van der Waals surface area contributed by atoms with Gasteiger partial charge in [-0.1, -0.05) is 12.1 Å². The summed E-state index contributed by atoms with van der Waals surface area (Å²) in [6, 6.07) is 1.39. The number of aromatic amines is 1. The molecule has 108 valence electrons. The summed E-state index contributed by atoms with van der Waals surface area (Å²) in [5.74, 6) is 0.459. The van der Waals surface area contributed by atoms with Gasteiger partial charge in [0.2, 0.25) is 0 Å². The van der Waals surface area contributed by atoms with E-state index in [4.69, 9.17) is 15.0 Å². The lowest BCUT2D eigenvalue weighted by atomic mass is 10.1. The highest BCUT2D eigenvalue weighted by Crippen LogP contribution is 2.19. The van der Waals surface area contributed by atoms with E-state index in [9.17, 15) is 4.79 Å². The third-order valence-corrected chi connectivity index (χ3v) is 2.74. The van der Waals surface area contributed by atoms with E-state index in [2.05, 4.69) is 15.1 Å². The summed E-state index contributed by atoms with van der Waals surface area (Å²) in [5.41, 5.74) is 5.37. The Balaban J connectivity index is 2.20. The number of pyridine rings is 1. The van der Waals surface area contributed by atoms with Crippen LogP contribution >= 0.6 is 0 Å². The molecule has 2 aromatic heterocycles. The second kappa shape index (κ2) is 5.98. The van der Waals surface area contributed by atoms with Gasteiger partial charge in [-0.25, -0.2) is 0 Å². The van der Waals surface area contributed by atoms with Gasteiger partial charge >= 0.3 is 0 Å². The van der Waals surface area contributed by atoms with Crippen molar-refractivity contribution < 1.29 is 9.26 Å². The van der Waals surface area contributed by atoms with Gasteiger partial charge in [0.1, 0.15) is 11.1 Å². The van der Waals surface area contributed by atoms with E-state index in [1.54, 1.807) is 6.92 Å². The van der Waals surface area contributed by atoms with Crippen LogP contribution < -0.4 is 11.2 Å². The number of nitrogens with two attached hydrogens (primary N) is 1.